The van der Waals surface area contributed by atoms with Crippen LogP contribution in [0.25, 0.3) is 11.0 Å². The molecule has 0 amide bonds. The van der Waals surface area contributed by atoms with Crippen LogP contribution in [-0.4, -0.2) is 14.5 Å². The van der Waals surface area contributed by atoms with Gasteiger partial charge in [-0.1, -0.05) is 0 Å². The number of fused-ring (bicyclic) bond motifs is 1. The zero-order chi connectivity index (χ0) is 9.42. The van der Waals surface area contributed by atoms with Gasteiger partial charge < -0.3 is 4.98 Å². The number of rotatable bonds is 0. The van der Waals surface area contributed by atoms with Gasteiger partial charge in [0, 0.05) is 13.1 Å². The van der Waals surface area contributed by atoms with Gasteiger partial charge in [0.15, 0.2) is 0 Å². The molecule has 0 aliphatic heterocycles. The van der Waals surface area contributed by atoms with Crippen LogP contribution in [0.15, 0.2) is 27.9 Å². The number of H-pyrrole nitrogens is 1. The number of nitrogens with zero attached hydrogens (tertiary/aromatic N) is 2. The van der Waals surface area contributed by atoms with Gasteiger partial charge in [-0.3, -0.25) is 9.36 Å². The zero-order valence-electron chi connectivity index (χ0n) is 6.94. The molecule has 1 N–H and O–H groups in total. The number of nitrogens with one attached hydrogen (secondary N) is 1. The molecule has 2 rings (SSSR count). The Bertz CT molecular complexity index is 567. The molecule has 13 heavy (non-hydrogen) atoms. The van der Waals surface area contributed by atoms with Crippen LogP contribution < -0.4 is 11.2 Å². The van der Waals surface area contributed by atoms with Gasteiger partial charge in [0.05, 0.1) is 17.2 Å². The van der Waals surface area contributed by atoms with Crippen molar-refractivity contribution in [1.29, 1.82) is 0 Å². The van der Waals surface area contributed by atoms with Crippen LogP contribution in [0.2, 0.25) is 0 Å². The second-order valence-electron chi connectivity index (χ2n) is 2.72. The molecular formula is C8H7N3O2. The van der Waals surface area contributed by atoms with Crippen molar-refractivity contribution < 1.29 is 0 Å². The van der Waals surface area contributed by atoms with E-state index in [0.29, 0.717) is 11.0 Å². The molecule has 0 unspecified atom stereocenters. The quantitative estimate of drug-likeness (QED) is 0.596. The highest BCUT2D eigenvalue weighted by atomic mass is 16.1. The van der Waals surface area contributed by atoms with Gasteiger partial charge in [0.1, 0.15) is 0 Å². The van der Waals surface area contributed by atoms with Crippen LogP contribution in [-0.2, 0) is 7.05 Å². The number of hydrogen-bond donors (Lipinski definition) is 1. The average Bonchev–Trinajstić information content (AvgIpc) is 2.12. The minimum absolute atomic E-state index is 0.201. The van der Waals surface area contributed by atoms with Crippen molar-refractivity contribution >= 4 is 11.0 Å². The molecule has 0 saturated heterocycles. The second kappa shape index (κ2) is 2.55. The van der Waals surface area contributed by atoms with E-state index in [2.05, 4.69) is 9.97 Å². The number of pyridine rings is 1. The summed E-state index contributed by atoms with van der Waals surface area (Å²) >= 11 is 0. The lowest BCUT2D eigenvalue weighted by Gasteiger charge is -2.00. The molecule has 66 valence electrons. The molecule has 0 spiro atoms. The molecule has 2 heterocycles. The highest BCUT2D eigenvalue weighted by molar-refractivity contribution is 5.72. The maximum atomic E-state index is 11.1. The Morgan fingerprint density at radius 2 is 2.15 bits per heavy atom. The number of aryl methyl sites for hydroxylation is 1. The molecule has 0 atom stereocenters. The predicted octanol–water partition coefficient (Wildman–Crippen LogP) is -0.378. The first-order valence-corrected chi connectivity index (χ1v) is 3.73. The third kappa shape index (κ3) is 1.14. The fraction of sp³-hybridized carbons (Fsp3) is 0.125. The van der Waals surface area contributed by atoms with Crippen molar-refractivity contribution in [3.63, 3.8) is 0 Å². The molecule has 0 aliphatic rings. The summed E-state index contributed by atoms with van der Waals surface area (Å²) in [6.07, 6.45) is 1.36. The Balaban J connectivity index is 3.03. The topological polar surface area (TPSA) is 67.8 Å². The zero-order valence-corrected chi connectivity index (χ0v) is 6.94. The Labute approximate surface area is 72.7 Å². The summed E-state index contributed by atoms with van der Waals surface area (Å²) in [6.45, 7) is 0. The van der Waals surface area contributed by atoms with E-state index in [1.54, 1.807) is 13.1 Å². The van der Waals surface area contributed by atoms with Crippen molar-refractivity contribution in [3.05, 3.63) is 39.2 Å². The highest BCUT2D eigenvalue weighted by Crippen LogP contribution is 2.01. The van der Waals surface area contributed by atoms with Crippen molar-refractivity contribution in [1.82, 2.24) is 14.5 Å². The normalized spacial score (nSPS) is 10.5. The summed E-state index contributed by atoms with van der Waals surface area (Å²) in [5.74, 6) is 0. The summed E-state index contributed by atoms with van der Waals surface area (Å²) in [7, 11) is 1.61. The largest absolute Gasteiger partial charge is 0.347 e. The van der Waals surface area contributed by atoms with Crippen molar-refractivity contribution in [3.8, 4) is 0 Å². The lowest BCUT2D eigenvalue weighted by Crippen LogP contribution is -2.20. The first-order valence-electron chi connectivity index (χ1n) is 3.73. The number of aromatic amines is 1. The first-order chi connectivity index (χ1) is 6.18. The van der Waals surface area contributed by atoms with Gasteiger partial charge in [0.25, 0.3) is 0 Å². The van der Waals surface area contributed by atoms with E-state index in [1.807, 2.05) is 0 Å². The Kier molecular flexibility index (Phi) is 1.51. The first kappa shape index (κ1) is 7.72. The van der Waals surface area contributed by atoms with Crippen molar-refractivity contribution in [2.75, 3.05) is 0 Å². The fourth-order valence-corrected chi connectivity index (χ4v) is 1.18. The molecule has 0 saturated carbocycles. The highest BCUT2D eigenvalue weighted by Gasteiger charge is 1.99. The van der Waals surface area contributed by atoms with Crippen LogP contribution in [0, 0.1) is 0 Å². The van der Waals surface area contributed by atoms with E-state index in [4.69, 9.17) is 0 Å². The van der Waals surface area contributed by atoms with E-state index >= 15 is 0 Å². The minimum Gasteiger partial charge on any atom is -0.319 e. The third-order valence-corrected chi connectivity index (χ3v) is 1.88. The smallest absolute Gasteiger partial charge is 0.319 e. The Hall–Kier alpha value is -1.91. The van der Waals surface area contributed by atoms with Crippen molar-refractivity contribution in [2.45, 2.75) is 0 Å². The van der Waals surface area contributed by atoms with E-state index in [-0.39, 0.29) is 11.2 Å². The molecule has 5 heteroatoms. The molecule has 0 bridgehead atoms. The summed E-state index contributed by atoms with van der Waals surface area (Å²) in [4.78, 5) is 28.2. The Morgan fingerprint density at radius 3 is 2.92 bits per heavy atom. The molecule has 0 fully saturated rings. The summed E-state index contributed by atoms with van der Waals surface area (Å²) in [5.41, 5.74) is 0.696. The monoisotopic (exact) mass is 177 g/mol. The van der Waals surface area contributed by atoms with Gasteiger partial charge in [-0.15, -0.1) is 0 Å². The number of hydrogen-bond acceptors (Lipinski definition) is 3. The standard InChI is InChI=1S/C8H7N3O2/c1-11-6-2-3-7(12)10-5(6)4-9-8(11)13/h2-4H,1H3,(H,10,12). The van der Waals surface area contributed by atoms with Crippen LogP contribution in [0.4, 0.5) is 0 Å². The van der Waals surface area contributed by atoms with Gasteiger partial charge in [-0.25, -0.2) is 4.79 Å². The molecule has 2 aromatic rings. The molecular weight excluding hydrogens is 170 g/mol. The van der Waals surface area contributed by atoms with Crippen LogP contribution in [0.5, 0.6) is 0 Å². The third-order valence-electron chi connectivity index (χ3n) is 1.88. The van der Waals surface area contributed by atoms with Crippen LogP contribution in [0.3, 0.4) is 0 Å². The van der Waals surface area contributed by atoms with E-state index in [0.717, 1.165) is 0 Å². The maximum Gasteiger partial charge on any atom is 0.347 e. The summed E-state index contributed by atoms with van der Waals surface area (Å²) in [6, 6.07) is 2.97. The van der Waals surface area contributed by atoms with Gasteiger partial charge >= 0.3 is 5.69 Å². The minimum atomic E-state index is -0.334. The molecule has 0 aromatic carbocycles. The predicted molar refractivity (Wildman–Crippen MR) is 47.6 cm³/mol. The molecule has 0 aliphatic carbocycles. The average molecular weight is 177 g/mol. The summed E-state index contributed by atoms with van der Waals surface area (Å²) < 4.78 is 1.38. The number of aromatic nitrogens is 3. The van der Waals surface area contributed by atoms with E-state index in [1.165, 1.54) is 16.8 Å². The second-order valence-corrected chi connectivity index (χ2v) is 2.72. The SMILES string of the molecule is Cn1c(=O)ncc2[nH]c(=O)ccc21. The van der Waals surface area contributed by atoms with Gasteiger partial charge in [-0.05, 0) is 6.07 Å². The lowest BCUT2D eigenvalue weighted by molar-refractivity contribution is 0.848. The lowest BCUT2D eigenvalue weighted by atomic mass is 10.3. The van der Waals surface area contributed by atoms with E-state index < -0.39 is 0 Å². The van der Waals surface area contributed by atoms with Gasteiger partial charge in [-0.2, -0.15) is 4.98 Å². The molecule has 0 radical (unpaired) electrons. The van der Waals surface area contributed by atoms with E-state index in [9.17, 15) is 9.59 Å². The molecule has 2 aromatic heterocycles. The molecule has 5 nitrogen and oxygen atoms in total. The Morgan fingerprint density at radius 1 is 1.38 bits per heavy atom. The van der Waals surface area contributed by atoms with Crippen molar-refractivity contribution in [2.24, 2.45) is 7.05 Å². The summed E-state index contributed by atoms with van der Waals surface area (Å²) in [5, 5.41) is 0. The maximum absolute atomic E-state index is 11.1. The van der Waals surface area contributed by atoms with Gasteiger partial charge in [0.2, 0.25) is 5.56 Å². The fourth-order valence-electron chi connectivity index (χ4n) is 1.18. The van der Waals surface area contributed by atoms with Crippen LogP contribution in [0.1, 0.15) is 0 Å². The van der Waals surface area contributed by atoms with Crippen LogP contribution >= 0.6 is 0 Å².